The minimum Gasteiger partial charge on any atom is -0.455 e. The molecule has 3 N–H and O–H groups in total. The Morgan fingerprint density at radius 2 is 1.67 bits per heavy atom. The van der Waals surface area contributed by atoms with Crippen molar-refractivity contribution < 1.29 is 26.8 Å². The summed E-state index contributed by atoms with van der Waals surface area (Å²) in [5, 5.41) is 5.90. The van der Waals surface area contributed by atoms with Crippen molar-refractivity contribution >= 4 is 44.6 Å². The predicted octanol–water partition coefficient (Wildman–Crippen LogP) is 5.03. The number of anilines is 1. The topological polar surface area (TPSA) is 118 Å². The first-order valence-electron chi connectivity index (χ1n) is 12.0. The van der Waals surface area contributed by atoms with E-state index in [1.807, 2.05) is 44.2 Å². The van der Waals surface area contributed by atoms with Gasteiger partial charge in [0.2, 0.25) is 15.9 Å². The van der Waals surface area contributed by atoms with Crippen LogP contribution in [-0.2, 0) is 20.4 Å². The van der Waals surface area contributed by atoms with Crippen LogP contribution < -0.4 is 15.4 Å². The largest absolute Gasteiger partial charge is 0.455 e. The lowest BCUT2D eigenvalue weighted by atomic mass is 9.94. The highest BCUT2D eigenvalue weighted by molar-refractivity contribution is 7.92. The Balaban J connectivity index is 1.80. The molecule has 0 fully saturated rings. The third kappa shape index (κ3) is 6.35. The number of sulfonamides is 1. The van der Waals surface area contributed by atoms with E-state index in [9.17, 15) is 22.4 Å². The van der Waals surface area contributed by atoms with Crippen molar-refractivity contribution in [3.63, 3.8) is 0 Å². The van der Waals surface area contributed by atoms with Crippen molar-refractivity contribution in [1.82, 2.24) is 10.6 Å². The smallest absolute Gasteiger partial charge is 0.255 e. The zero-order valence-electron chi connectivity index (χ0n) is 21.8. The SMILES string of the molecule is CNC(=O)c1c(-c2ccc(F)cc2)oc2cc(NS(C)(=O)=O)c(/C=C/C(=O)NC(C)(C)c3ccccc3)cc12. The molecule has 4 rings (SSSR count). The molecule has 0 unspecified atom stereocenters. The number of halogens is 1. The molecule has 39 heavy (non-hydrogen) atoms. The Hall–Kier alpha value is -4.44. The number of hydrogen-bond donors (Lipinski definition) is 3. The summed E-state index contributed by atoms with van der Waals surface area (Å²) in [6.45, 7) is 3.74. The van der Waals surface area contributed by atoms with Crippen molar-refractivity contribution in [3.8, 4) is 11.3 Å². The lowest BCUT2D eigenvalue weighted by Gasteiger charge is -2.26. The molecule has 2 amide bonds. The maximum Gasteiger partial charge on any atom is 0.255 e. The highest BCUT2D eigenvalue weighted by Crippen LogP contribution is 2.37. The minimum atomic E-state index is -3.70. The van der Waals surface area contributed by atoms with Crippen LogP contribution >= 0.6 is 0 Å². The molecule has 0 saturated carbocycles. The van der Waals surface area contributed by atoms with Crippen molar-refractivity contribution in [2.75, 3.05) is 18.0 Å². The van der Waals surface area contributed by atoms with Gasteiger partial charge in [-0.05, 0) is 61.4 Å². The summed E-state index contributed by atoms with van der Waals surface area (Å²) < 4.78 is 46.2. The number of furan rings is 1. The van der Waals surface area contributed by atoms with Crippen molar-refractivity contribution in [3.05, 3.63) is 95.3 Å². The summed E-state index contributed by atoms with van der Waals surface area (Å²) in [6.07, 6.45) is 3.75. The fourth-order valence-corrected chi connectivity index (χ4v) is 4.76. The monoisotopic (exact) mass is 549 g/mol. The number of hydrogen-bond acceptors (Lipinski definition) is 5. The van der Waals surface area contributed by atoms with Gasteiger partial charge in [-0.2, -0.15) is 0 Å². The van der Waals surface area contributed by atoms with Crippen LogP contribution in [0.25, 0.3) is 28.4 Å². The van der Waals surface area contributed by atoms with Gasteiger partial charge in [0, 0.05) is 30.1 Å². The summed E-state index contributed by atoms with van der Waals surface area (Å²) in [6, 6.07) is 17.9. The van der Waals surface area contributed by atoms with E-state index in [1.54, 1.807) is 6.07 Å². The highest BCUT2D eigenvalue weighted by atomic mass is 32.2. The molecule has 1 aromatic heterocycles. The molecule has 0 spiro atoms. The number of carbonyl (C=O) groups excluding carboxylic acids is 2. The third-order valence-electron chi connectivity index (χ3n) is 6.06. The van der Waals surface area contributed by atoms with Crippen LogP contribution in [0.4, 0.5) is 10.1 Å². The van der Waals surface area contributed by atoms with E-state index in [1.165, 1.54) is 49.5 Å². The van der Waals surface area contributed by atoms with Crippen LogP contribution in [0.3, 0.4) is 0 Å². The van der Waals surface area contributed by atoms with E-state index in [0.717, 1.165) is 11.8 Å². The Morgan fingerprint density at radius 3 is 2.28 bits per heavy atom. The van der Waals surface area contributed by atoms with Gasteiger partial charge in [-0.25, -0.2) is 12.8 Å². The van der Waals surface area contributed by atoms with E-state index in [-0.39, 0.29) is 22.6 Å². The van der Waals surface area contributed by atoms with E-state index >= 15 is 0 Å². The first kappa shape index (κ1) is 27.6. The Labute approximate surface area is 226 Å². The number of benzene rings is 3. The van der Waals surface area contributed by atoms with Gasteiger partial charge in [-0.1, -0.05) is 30.3 Å². The molecule has 202 valence electrons. The van der Waals surface area contributed by atoms with Crippen molar-refractivity contribution in [2.45, 2.75) is 19.4 Å². The summed E-state index contributed by atoms with van der Waals surface area (Å²) in [4.78, 5) is 25.7. The lowest BCUT2D eigenvalue weighted by Crippen LogP contribution is -2.40. The van der Waals surface area contributed by atoms with Crippen molar-refractivity contribution in [2.24, 2.45) is 0 Å². The molecule has 1 heterocycles. The molecule has 0 saturated heterocycles. The summed E-state index contributed by atoms with van der Waals surface area (Å²) in [5.41, 5.74) is 1.61. The van der Waals surface area contributed by atoms with Crippen LogP contribution in [-0.4, -0.2) is 33.5 Å². The predicted molar refractivity (Wildman–Crippen MR) is 150 cm³/mol. The van der Waals surface area contributed by atoms with E-state index in [4.69, 9.17) is 4.42 Å². The molecular weight excluding hydrogens is 521 g/mol. The van der Waals surface area contributed by atoms with Crippen LogP contribution in [0.15, 0.2) is 77.2 Å². The zero-order chi connectivity index (χ0) is 28.4. The van der Waals surface area contributed by atoms with Gasteiger partial charge in [0.1, 0.15) is 17.2 Å². The first-order valence-corrected chi connectivity index (χ1v) is 13.9. The second-order valence-electron chi connectivity index (χ2n) is 9.52. The number of nitrogens with one attached hydrogen (secondary N) is 3. The second-order valence-corrected chi connectivity index (χ2v) is 11.3. The first-order chi connectivity index (χ1) is 18.4. The molecular formula is C29H28FN3O5S. The van der Waals surface area contributed by atoms with Gasteiger partial charge < -0.3 is 15.1 Å². The fraction of sp³-hybridized carbons (Fsp3) is 0.172. The van der Waals surface area contributed by atoms with Crippen LogP contribution in [0.2, 0.25) is 0 Å². The standard InChI is InChI=1S/C29H28FN3O5S/c1-29(2,20-8-6-5-7-9-20)32-25(34)15-12-19-16-22-24(17-23(19)33-39(4,36)37)38-27(26(22)28(35)31-3)18-10-13-21(30)14-11-18/h5-17,33H,1-4H3,(H,31,35)(H,32,34)/b15-12+. The van der Waals surface area contributed by atoms with Crippen molar-refractivity contribution in [1.29, 1.82) is 0 Å². The average molecular weight is 550 g/mol. The molecule has 0 aliphatic rings. The maximum absolute atomic E-state index is 13.5. The fourth-order valence-electron chi connectivity index (χ4n) is 4.18. The number of carbonyl (C=O) groups is 2. The Morgan fingerprint density at radius 1 is 1.00 bits per heavy atom. The van der Waals surface area contributed by atoms with Gasteiger partial charge in [0.15, 0.2) is 0 Å². The average Bonchev–Trinajstić information content (AvgIpc) is 3.24. The molecule has 0 aliphatic carbocycles. The second kappa shape index (κ2) is 10.7. The summed E-state index contributed by atoms with van der Waals surface area (Å²) in [5.74, 6) is -1.11. The van der Waals surface area contributed by atoms with Gasteiger partial charge in [-0.3, -0.25) is 14.3 Å². The molecule has 4 aromatic rings. The quantitative estimate of drug-likeness (QED) is 0.266. The number of fused-ring (bicyclic) bond motifs is 1. The summed E-state index contributed by atoms with van der Waals surface area (Å²) >= 11 is 0. The third-order valence-corrected chi connectivity index (χ3v) is 6.65. The minimum absolute atomic E-state index is 0.152. The number of amides is 2. The van der Waals surface area contributed by atoms with E-state index < -0.39 is 33.2 Å². The Kier molecular flexibility index (Phi) is 7.60. The molecule has 0 aliphatic heterocycles. The van der Waals surface area contributed by atoms with Gasteiger partial charge in [0.25, 0.3) is 5.91 Å². The van der Waals surface area contributed by atoms with Crippen LogP contribution in [0, 0.1) is 5.82 Å². The lowest BCUT2D eigenvalue weighted by molar-refractivity contribution is -0.118. The molecule has 10 heteroatoms. The zero-order valence-corrected chi connectivity index (χ0v) is 22.6. The van der Waals surface area contributed by atoms with Crippen LogP contribution in [0.5, 0.6) is 0 Å². The van der Waals surface area contributed by atoms with Gasteiger partial charge in [-0.15, -0.1) is 0 Å². The normalized spacial score (nSPS) is 12.0. The van der Waals surface area contributed by atoms with Gasteiger partial charge in [0.05, 0.1) is 23.0 Å². The molecule has 0 atom stereocenters. The molecule has 8 nitrogen and oxygen atoms in total. The summed E-state index contributed by atoms with van der Waals surface area (Å²) in [7, 11) is -2.23. The number of rotatable bonds is 8. The van der Waals surface area contributed by atoms with E-state index in [0.29, 0.717) is 16.5 Å². The highest BCUT2D eigenvalue weighted by Gasteiger charge is 2.24. The van der Waals surface area contributed by atoms with Gasteiger partial charge >= 0.3 is 0 Å². The molecule has 0 bridgehead atoms. The molecule has 0 radical (unpaired) electrons. The Bertz CT molecular complexity index is 1680. The maximum atomic E-state index is 13.5. The molecule has 3 aromatic carbocycles. The van der Waals surface area contributed by atoms with E-state index in [2.05, 4.69) is 15.4 Å². The van der Waals surface area contributed by atoms with Crippen LogP contribution in [0.1, 0.15) is 35.3 Å².